The summed E-state index contributed by atoms with van der Waals surface area (Å²) in [5.41, 5.74) is 4.11. The summed E-state index contributed by atoms with van der Waals surface area (Å²) in [6.07, 6.45) is 1.39. The van der Waals surface area contributed by atoms with Gasteiger partial charge in [-0.25, -0.2) is 14.5 Å². The molecule has 9 nitrogen and oxygen atoms in total. The number of alkyl halides is 3. The van der Waals surface area contributed by atoms with E-state index in [0.29, 0.717) is 33.7 Å². The molecule has 37 heavy (non-hydrogen) atoms. The van der Waals surface area contributed by atoms with Gasteiger partial charge in [-0.1, -0.05) is 17.7 Å². The van der Waals surface area contributed by atoms with E-state index in [2.05, 4.69) is 25.1 Å². The van der Waals surface area contributed by atoms with Gasteiger partial charge in [0.1, 0.15) is 6.54 Å². The van der Waals surface area contributed by atoms with Gasteiger partial charge in [0.15, 0.2) is 10.8 Å². The third-order valence-corrected chi connectivity index (χ3v) is 6.73. The second-order valence-corrected chi connectivity index (χ2v) is 9.11. The molecule has 1 aliphatic carbocycles. The molecule has 0 aliphatic heterocycles. The fraction of sp³-hybridized carbons (Fsp3) is 0.292. The number of hydrogen-bond acceptors (Lipinski definition) is 7. The molecule has 13 heteroatoms. The van der Waals surface area contributed by atoms with Crippen LogP contribution in [0.3, 0.4) is 0 Å². The van der Waals surface area contributed by atoms with Gasteiger partial charge >= 0.3 is 12.2 Å². The number of aromatic nitrogens is 7. The molecular weight excluding hydrogens is 511 g/mol. The highest BCUT2D eigenvalue weighted by molar-refractivity contribution is 6.34. The standard InChI is InChI=1S/C24H19ClF3N7O2/c1-36-22-17(10-30-23(31-22)37-2)18-9-16(21-29-5-6-34(21)32-18)15-8-14(15)12-3-4-13-19(7-12)35(33-20(13)25)11-24(26,27)28/h3-7,9-10,14-15H,8,11H2,1-2H3/t14-,15+/m1/s1. The maximum absolute atomic E-state index is 13.1. The Hall–Kier alpha value is -3.93. The average molecular weight is 530 g/mol. The molecule has 5 aromatic rings. The van der Waals surface area contributed by atoms with Crippen LogP contribution in [0.4, 0.5) is 13.2 Å². The minimum absolute atomic E-state index is 0.0478. The molecule has 2 atom stereocenters. The molecular formula is C24H19ClF3N7O2. The Labute approximate surface area is 212 Å². The number of fused-ring (bicyclic) bond motifs is 2. The van der Waals surface area contributed by atoms with E-state index in [1.807, 2.05) is 12.1 Å². The number of imidazole rings is 1. The molecule has 0 amide bonds. The smallest absolute Gasteiger partial charge is 0.408 e. The largest absolute Gasteiger partial charge is 0.480 e. The molecule has 190 valence electrons. The van der Waals surface area contributed by atoms with E-state index in [0.717, 1.165) is 22.2 Å². The molecule has 0 saturated heterocycles. The molecule has 4 aromatic heterocycles. The number of ether oxygens (including phenoxy) is 2. The molecule has 4 heterocycles. The molecule has 0 radical (unpaired) electrons. The molecule has 6 rings (SSSR count). The van der Waals surface area contributed by atoms with Crippen LogP contribution >= 0.6 is 11.6 Å². The van der Waals surface area contributed by atoms with Gasteiger partial charge in [0, 0.05) is 29.5 Å². The van der Waals surface area contributed by atoms with E-state index in [1.54, 1.807) is 35.2 Å². The molecule has 0 N–H and O–H groups in total. The van der Waals surface area contributed by atoms with Crippen LogP contribution in [0.2, 0.25) is 5.15 Å². The van der Waals surface area contributed by atoms with Crippen LogP contribution in [0.5, 0.6) is 11.9 Å². The zero-order valence-corrected chi connectivity index (χ0v) is 20.3. The van der Waals surface area contributed by atoms with Gasteiger partial charge in [-0.15, -0.1) is 0 Å². The lowest BCUT2D eigenvalue weighted by Crippen LogP contribution is -2.18. The zero-order chi connectivity index (χ0) is 25.9. The van der Waals surface area contributed by atoms with Crippen molar-refractivity contribution in [3.8, 4) is 23.1 Å². The molecule has 1 aliphatic rings. The fourth-order valence-corrected chi connectivity index (χ4v) is 4.96. The minimum Gasteiger partial charge on any atom is -0.480 e. The van der Waals surface area contributed by atoms with Crippen LogP contribution in [0.1, 0.15) is 29.4 Å². The van der Waals surface area contributed by atoms with Gasteiger partial charge in [-0.2, -0.15) is 28.4 Å². The van der Waals surface area contributed by atoms with Crippen molar-refractivity contribution in [1.29, 1.82) is 0 Å². The Kier molecular flexibility index (Phi) is 5.44. The van der Waals surface area contributed by atoms with Gasteiger partial charge in [0.2, 0.25) is 5.88 Å². The highest BCUT2D eigenvalue weighted by Gasteiger charge is 2.42. The summed E-state index contributed by atoms with van der Waals surface area (Å²) in [7, 11) is 2.97. The molecule has 1 aromatic carbocycles. The fourth-order valence-electron chi connectivity index (χ4n) is 4.70. The molecule has 1 saturated carbocycles. The third-order valence-electron chi connectivity index (χ3n) is 6.45. The van der Waals surface area contributed by atoms with Gasteiger partial charge in [0.05, 0.1) is 31.0 Å². The second kappa shape index (κ2) is 8.58. The Balaban J connectivity index is 1.38. The second-order valence-electron chi connectivity index (χ2n) is 8.75. The zero-order valence-electron chi connectivity index (χ0n) is 19.6. The summed E-state index contributed by atoms with van der Waals surface area (Å²) >= 11 is 6.11. The summed E-state index contributed by atoms with van der Waals surface area (Å²) in [5, 5.41) is 9.07. The van der Waals surface area contributed by atoms with Crippen LogP contribution in [0, 0.1) is 0 Å². The Morgan fingerprint density at radius 3 is 2.68 bits per heavy atom. The lowest BCUT2D eigenvalue weighted by Gasteiger charge is -2.11. The minimum atomic E-state index is -4.41. The van der Waals surface area contributed by atoms with E-state index in [-0.39, 0.29) is 23.0 Å². The topological polar surface area (TPSA) is 92.3 Å². The molecule has 0 bridgehead atoms. The lowest BCUT2D eigenvalue weighted by molar-refractivity contribution is -0.141. The van der Waals surface area contributed by atoms with Gasteiger partial charge < -0.3 is 9.47 Å². The van der Waals surface area contributed by atoms with Crippen molar-refractivity contribution in [3.63, 3.8) is 0 Å². The molecule has 0 unspecified atom stereocenters. The number of halogens is 4. The van der Waals surface area contributed by atoms with Crippen LogP contribution in [-0.4, -0.2) is 54.7 Å². The van der Waals surface area contributed by atoms with Gasteiger partial charge in [-0.05, 0) is 42.0 Å². The summed E-state index contributed by atoms with van der Waals surface area (Å²) in [5.74, 6) is 0.489. The highest BCUT2D eigenvalue weighted by atomic mass is 35.5. The quantitative estimate of drug-likeness (QED) is 0.304. The Bertz CT molecular complexity index is 1650. The molecule has 1 fully saturated rings. The summed E-state index contributed by atoms with van der Waals surface area (Å²) in [4.78, 5) is 12.9. The summed E-state index contributed by atoms with van der Waals surface area (Å²) in [6, 6.07) is 7.47. The van der Waals surface area contributed by atoms with Crippen molar-refractivity contribution in [3.05, 3.63) is 59.1 Å². The van der Waals surface area contributed by atoms with Crippen molar-refractivity contribution >= 4 is 28.2 Å². The first-order valence-electron chi connectivity index (χ1n) is 11.3. The van der Waals surface area contributed by atoms with Crippen LogP contribution < -0.4 is 9.47 Å². The van der Waals surface area contributed by atoms with Crippen molar-refractivity contribution in [2.75, 3.05) is 14.2 Å². The number of hydrogen-bond donors (Lipinski definition) is 0. The number of methoxy groups -OCH3 is 2. The monoisotopic (exact) mass is 529 g/mol. The Morgan fingerprint density at radius 2 is 1.92 bits per heavy atom. The van der Waals surface area contributed by atoms with E-state index in [4.69, 9.17) is 21.1 Å². The predicted molar refractivity (Wildman–Crippen MR) is 128 cm³/mol. The number of benzene rings is 1. The third kappa shape index (κ3) is 4.20. The molecule has 0 spiro atoms. The van der Waals surface area contributed by atoms with Gasteiger partial charge in [0.25, 0.3) is 0 Å². The summed E-state index contributed by atoms with van der Waals surface area (Å²) in [6.45, 7) is -1.21. The van der Waals surface area contributed by atoms with Crippen molar-refractivity contribution in [2.24, 2.45) is 0 Å². The maximum atomic E-state index is 13.1. The normalized spacial score (nSPS) is 17.5. The summed E-state index contributed by atoms with van der Waals surface area (Å²) < 4.78 is 52.4. The average Bonchev–Trinajstić information content (AvgIpc) is 3.43. The van der Waals surface area contributed by atoms with E-state index >= 15 is 0 Å². The predicted octanol–water partition coefficient (Wildman–Crippen LogP) is 5.04. The number of rotatable bonds is 6. The van der Waals surface area contributed by atoms with Gasteiger partial charge in [-0.3, -0.25) is 4.68 Å². The van der Waals surface area contributed by atoms with E-state index in [1.165, 1.54) is 14.2 Å². The van der Waals surface area contributed by atoms with Crippen LogP contribution in [-0.2, 0) is 6.54 Å². The Morgan fingerprint density at radius 1 is 1.08 bits per heavy atom. The lowest BCUT2D eigenvalue weighted by atomic mass is 10.0. The van der Waals surface area contributed by atoms with E-state index in [9.17, 15) is 13.2 Å². The maximum Gasteiger partial charge on any atom is 0.408 e. The first-order chi connectivity index (χ1) is 17.8. The SMILES string of the molecule is COc1ncc(-c2cc([C@H]3C[C@@H]3c3ccc4c(Cl)nn(CC(F)(F)F)c4c3)c3nccn3n2)c(OC)n1. The highest BCUT2D eigenvalue weighted by Crippen LogP contribution is 2.56. The van der Waals surface area contributed by atoms with Crippen molar-refractivity contribution in [2.45, 2.75) is 31.0 Å². The van der Waals surface area contributed by atoms with E-state index < -0.39 is 12.7 Å². The first-order valence-corrected chi connectivity index (χ1v) is 11.7. The van der Waals surface area contributed by atoms with Crippen LogP contribution in [0.15, 0.2) is 42.9 Å². The number of nitrogens with zero attached hydrogens (tertiary/aromatic N) is 7. The van der Waals surface area contributed by atoms with Crippen LogP contribution in [0.25, 0.3) is 27.8 Å². The van der Waals surface area contributed by atoms with Crippen molar-refractivity contribution in [1.82, 2.24) is 34.3 Å². The first kappa shape index (κ1) is 23.5. The van der Waals surface area contributed by atoms with Crippen molar-refractivity contribution < 1.29 is 22.6 Å².